The molecule has 0 saturated carbocycles. The Hall–Kier alpha value is -2.38. The quantitative estimate of drug-likeness (QED) is 0.659. The molecule has 0 amide bonds. The van der Waals surface area contributed by atoms with Gasteiger partial charge in [-0.05, 0) is 39.1 Å². The molecule has 2 heterocycles. The maximum absolute atomic E-state index is 13.3. The highest BCUT2D eigenvalue weighted by Gasteiger charge is 2.20. The van der Waals surface area contributed by atoms with Gasteiger partial charge in [0, 0.05) is 29.1 Å². The molecule has 0 spiro atoms. The summed E-state index contributed by atoms with van der Waals surface area (Å²) < 4.78 is 6.87. The molecule has 7 heteroatoms. The Kier molecular flexibility index (Phi) is 6.05. The first-order chi connectivity index (χ1) is 13.4. The number of methoxy groups -OCH3 is 1. The topological polar surface area (TPSA) is 67.3 Å². The number of nitrogens with one attached hydrogen (secondary N) is 1. The van der Waals surface area contributed by atoms with Crippen LogP contribution in [-0.2, 0) is 6.54 Å². The normalized spacial score (nSPS) is 11.5. The van der Waals surface area contributed by atoms with Crippen molar-refractivity contribution in [1.29, 1.82) is 0 Å². The Morgan fingerprint density at radius 2 is 1.89 bits per heavy atom. The Bertz CT molecular complexity index is 1110. The van der Waals surface area contributed by atoms with E-state index in [1.165, 1.54) is 15.9 Å². The zero-order valence-electron chi connectivity index (χ0n) is 17.1. The second-order valence-electron chi connectivity index (χ2n) is 6.85. The van der Waals surface area contributed by atoms with E-state index in [2.05, 4.69) is 23.7 Å². The zero-order valence-corrected chi connectivity index (χ0v) is 17.9. The van der Waals surface area contributed by atoms with Crippen molar-refractivity contribution in [2.45, 2.75) is 34.2 Å². The van der Waals surface area contributed by atoms with Crippen LogP contribution < -0.4 is 16.0 Å². The third kappa shape index (κ3) is 3.64. The fraction of sp³-hybridized carbons (Fsp3) is 0.429. The number of likely N-dealkylation sites (N-methyl/N-ethyl adjacent to an activating group) is 1. The number of rotatable bonds is 7. The van der Waals surface area contributed by atoms with Gasteiger partial charge in [0.2, 0.25) is 0 Å². The Balaban J connectivity index is 2.22. The first kappa shape index (κ1) is 20.4. The van der Waals surface area contributed by atoms with Crippen LogP contribution in [0.5, 0.6) is 5.75 Å². The van der Waals surface area contributed by atoms with Crippen LogP contribution in [0.15, 0.2) is 27.8 Å². The molecule has 0 aliphatic rings. The molecule has 0 aliphatic heterocycles. The summed E-state index contributed by atoms with van der Waals surface area (Å²) >= 11 is 1.43. The molecule has 0 fully saturated rings. The van der Waals surface area contributed by atoms with Crippen molar-refractivity contribution in [2.24, 2.45) is 0 Å². The van der Waals surface area contributed by atoms with Crippen molar-refractivity contribution < 1.29 is 4.74 Å². The highest BCUT2D eigenvalue weighted by molar-refractivity contribution is 7.19. The number of benzene rings is 1. The molecule has 28 heavy (non-hydrogen) atoms. The van der Waals surface area contributed by atoms with Crippen LogP contribution in [-0.4, -0.2) is 41.2 Å². The predicted octanol–water partition coefficient (Wildman–Crippen LogP) is 3.39. The molecule has 0 atom stereocenters. The molecular formula is C21H27N3O3S. The molecule has 1 N–H and O–H groups in total. The van der Waals surface area contributed by atoms with Crippen molar-refractivity contribution in [1.82, 2.24) is 14.5 Å². The van der Waals surface area contributed by atoms with Gasteiger partial charge in [0.15, 0.2) is 0 Å². The summed E-state index contributed by atoms with van der Waals surface area (Å²) in [7, 11) is 1.63. The van der Waals surface area contributed by atoms with Gasteiger partial charge in [-0.3, -0.25) is 14.3 Å². The van der Waals surface area contributed by atoms with Crippen molar-refractivity contribution >= 4 is 21.6 Å². The number of aryl methyl sites for hydroxylation is 2. The monoisotopic (exact) mass is 401 g/mol. The van der Waals surface area contributed by atoms with E-state index in [1.807, 2.05) is 32.0 Å². The minimum absolute atomic E-state index is 0.242. The number of hydrogen-bond acceptors (Lipinski definition) is 5. The fourth-order valence-electron chi connectivity index (χ4n) is 3.55. The Morgan fingerprint density at radius 3 is 2.54 bits per heavy atom. The summed E-state index contributed by atoms with van der Waals surface area (Å²) in [5.74, 6) is 0.716. The zero-order chi connectivity index (χ0) is 20.4. The molecule has 2 aromatic heterocycles. The lowest BCUT2D eigenvalue weighted by Gasteiger charge is -2.18. The van der Waals surface area contributed by atoms with E-state index in [1.54, 1.807) is 7.11 Å². The highest BCUT2D eigenvalue weighted by Crippen LogP contribution is 2.40. The number of fused-ring (bicyclic) bond motifs is 1. The number of ether oxygens (including phenoxy) is 1. The number of hydrogen-bond donors (Lipinski definition) is 1. The minimum atomic E-state index is -0.353. The van der Waals surface area contributed by atoms with Crippen molar-refractivity contribution in [3.05, 3.63) is 49.5 Å². The van der Waals surface area contributed by atoms with Gasteiger partial charge in [0.1, 0.15) is 10.6 Å². The average molecular weight is 402 g/mol. The molecule has 150 valence electrons. The van der Waals surface area contributed by atoms with Crippen molar-refractivity contribution in [3.63, 3.8) is 0 Å². The lowest BCUT2D eigenvalue weighted by Crippen LogP contribution is -2.39. The Morgan fingerprint density at radius 1 is 1.18 bits per heavy atom. The molecule has 0 saturated heterocycles. The summed E-state index contributed by atoms with van der Waals surface area (Å²) in [6.07, 6.45) is 0. The van der Waals surface area contributed by atoms with Crippen molar-refractivity contribution in [2.75, 3.05) is 26.7 Å². The molecule has 0 unspecified atom stereocenters. The van der Waals surface area contributed by atoms with E-state index in [0.29, 0.717) is 29.1 Å². The van der Waals surface area contributed by atoms with E-state index < -0.39 is 0 Å². The average Bonchev–Trinajstić information content (AvgIpc) is 3.00. The number of aromatic nitrogens is 2. The van der Waals surface area contributed by atoms with Gasteiger partial charge in [-0.15, -0.1) is 11.3 Å². The summed E-state index contributed by atoms with van der Waals surface area (Å²) in [5, 5.41) is 0.561. The van der Waals surface area contributed by atoms with E-state index in [0.717, 1.165) is 34.7 Å². The maximum Gasteiger partial charge on any atom is 0.329 e. The fourth-order valence-corrected chi connectivity index (χ4v) is 4.60. The second-order valence-corrected chi connectivity index (χ2v) is 8.08. The summed E-state index contributed by atoms with van der Waals surface area (Å²) in [4.78, 5) is 32.6. The second kappa shape index (κ2) is 8.32. The van der Waals surface area contributed by atoms with Crippen LogP contribution >= 0.6 is 11.3 Å². The van der Waals surface area contributed by atoms with Crippen LogP contribution in [0, 0.1) is 13.8 Å². The lowest BCUT2D eigenvalue weighted by atomic mass is 10.0. The largest absolute Gasteiger partial charge is 0.496 e. The third-order valence-electron chi connectivity index (χ3n) is 5.17. The van der Waals surface area contributed by atoms with E-state index in [4.69, 9.17) is 4.74 Å². The third-order valence-corrected chi connectivity index (χ3v) is 6.19. The molecule has 0 bridgehead atoms. The molecule has 3 aromatic rings. The summed E-state index contributed by atoms with van der Waals surface area (Å²) in [6.45, 7) is 10.9. The lowest BCUT2D eigenvalue weighted by molar-refractivity contribution is 0.287. The van der Waals surface area contributed by atoms with Crippen LogP contribution in [0.2, 0.25) is 0 Å². The van der Waals surface area contributed by atoms with Crippen molar-refractivity contribution in [3.8, 4) is 16.9 Å². The SMILES string of the molecule is CCN(CC)CCn1c(=O)[nH]c2sc(C)c(-c3cc(C)ccc3OC)c2c1=O. The van der Waals surface area contributed by atoms with Gasteiger partial charge < -0.3 is 9.64 Å². The smallest absolute Gasteiger partial charge is 0.329 e. The van der Waals surface area contributed by atoms with Gasteiger partial charge >= 0.3 is 5.69 Å². The minimum Gasteiger partial charge on any atom is -0.496 e. The predicted molar refractivity (Wildman–Crippen MR) is 116 cm³/mol. The molecule has 1 aromatic carbocycles. The molecule has 3 rings (SSSR count). The number of aromatic amines is 1. The van der Waals surface area contributed by atoms with Gasteiger partial charge in [-0.2, -0.15) is 0 Å². The Labute approximate surface area is 168 Å². The first-order valence-corrected chi connectivity index (χ1v) is 10.4. The van der Waals surface area contributed by atoms with Gasteiger partial charge in [-0.1, -0.05) is 25.5 Å². The number of H-pyrrole nitrogens is 1. The van der Waals surface area contributed by atoms with Crippen LogP contribution in [0.25, 0.3) is 21.3 Å². The molecule has 0 radical (unpaired) electrons. The first-order valence-electron chi connectivity index (χ1n) is 9.54. The number of nitrogens with zero attached hydrogens (tertiary/aromatic N) is 2. The van der Waals surface area contributed by atoms with Gasteiger partial charge in [-0.25, -0.2) is 4.79 Å². The standard InChI is InChI=1S/C21H27N3O3S/c1-6-23(7-2)10-11-24-20(25)18-17(14(4)28-19(18)22-21(24)26)15-12-13(3)8-9-16(15)27-5/h8-9,12H,6-7,10-11H2,1-5H3,(H,22,26). The van der Waals surface area contributed by atoms with E-state index >= 15 is 0 Å². The number of thiophene rings is 1. The van der Waals surface area contributed by atoms with Crippen LogP contribution in [0.4, 0.5) is 0 Å². The van der Waals surface area contributed by atoms with Crippen LogP contribution in [0.3, 0.4) is 0 Å². The molecular weight excluding hydrogens is 374 g/mol. The highest BCUT2D eigenvalue weighted by atomic mass is 32.1. The van der Waals surface area contributed by atoms with E-state index in [9.17, 15) is 9.59 Å². The van der Waals surface area contributed by atoms with Crippen LogP contribution in [0.1, 0.15) is 24.3 Å². The van der Waals surface area contributed by atoms with Gasteiger partial charge in [0.25, 0.3) is 5.56 Å². The molecule has 0 aliphatic carbocycles. The van der Waals surface area contributed by atoms with E-state index in [-0.39, 0.29) is 11.2 Å². The summed E-state index contributed by atoms with van der Waals surface area (Å²) in [6, 6.07) is 5.92. The van der Waals surface area contributed by atoms with Gasteiger partial charge in [0.05, 0.1) is 12.5 Å². The summed E-state index contributed by atoms with van der Waals surface area (Å²) in [5.41, 5.74) is 2.22. The molecule has 6 nitrogen and oxygen atoms in total. The maximum atomic E-state index is 13.3.